The van der Waals surface area contributed by atoms with Crippen molar-refractivity contribution in [2.45, 2.75) is 12.1 Å². The number of benzene rings is 1. The third-order valence-electron chi connectivity index (χ3n) is 2.94. The van der Waals surface area contributed by atoms with Crippen molar-refractivity contribution in [1.82, 2.24) is 4.98 Å². The molecule has 0 radical (unpaired) electrons. The van der Waals surface area contributed by atoms with Crippen LogP contribution in [-0.2, 0) is 11.0 Å². The van der Waals surface area contributed by atoms with E-state index in [1.54, 1.807) is 18.2 Å². The lowest BCUT2D eigenvalue weighted by molar-refractivity contribution is -0.137. The van der Waals surface area contributed by atoms with Gasteiger partial charge in [-0.1, -0.05) is 35.3 Å². The number of rotatable bonds is 3. The summed E-state index contributed by atoms with van der Waals surface area (Å²) in [6.45, 7) is 0. The Labute approximate surface area is 133 Å². The van der Waals surface area contributed by atoms with Crippen LogP contribution in [0.4, 0.5) is 13.2 Å². The molecule has 0 spiro atoms. The topological polar surface area (TPSA) is 56.0 Å². The molecule has 22 heavy (non-hydrogen) atoms. The Bertz CT molecular complexity index is 719. The number of amides is 1. The van der Waals surface area contributed by atoms with Gasteiger partial charge in [0.2, 0.25) is 5.91 Å². The first-order valence-corrected chi connectivity index (χ1v) is 6.73. The number of primary amides is 1. The van der Waals surface area contributed by atoms with E-state index in [9.17, 15) is 18.0 Å². The number of halogens is 5. The standard InChI is InChI=1S/C14H9Cl2F3N2O/c15-9-3-1-2-7(4-9)11(13(20)22)12-10(16)5-8(6-21-12)14(17,18)19/h1-6,11H,(H2,20,22)/t11-/m1/s1. The highest BCUT2D eigenvalue weighted by molar-refractivity contribution is 6.31. The van der Waals surface area contributed by atoms with Crippen molar-refractivity contribution in [1.29, 1.82) is 0 Å². The van der Waals surface area contributed by atoms with E-state index in [0.717, 1.165) is 0 Å². The highest BCUT2D eigenvalue weighted by atomic mass is 35.5. The number of hydrogen-bond donors (Lipinski definition) is 1. The number of pyridine rings is 1. The molecule has 1 atom stereocenters. The molecular weight excluding hydrogens is 340 g/mol. The Hall–Kier alpha value is -1.79. The van der Waals surface area contributed by atoms with E-state index in [1.165, 1.54) is 6.07 Å². The molecule has 8 heteroatoms. The molecule has 0 unspecified atom stereocenters. The van der Waals surface area contributed by atoms with Crippen LogP contribution < -0.4 is 5.73 Å². The first kappa shape index (κ1) is 16.6. The first-order valence-electron chi connectivity index (χ1n) is 5.97. The monoisotopic (exact) mass is 348 g/mol. The van der Waals surface area contributed by atoms with Crippen LogP contribution in [0.5, 0.6) is 0 Å². The van der Waals surface area contributed by atoms with Gasteiger partial charge in [-0.2, -0.15) is 13.2 Å². The molecule has 0 aliphatic carbocycles. The third-order valence-corrected chi connectivity index (χ3v) is 3.47. The summed E-state index contributed by atoms with van der Waals surface area (Å²) in [5.41, 5.74) is 4.68. The van der Waals surface area contributed by atoms with Crippen molar-refractivity contribution in [2.75, 3.05) is 0 Å². The molecule has 0 fully saturated rings. The molecule has 0 aliphatic rings. The van der Waals surface area contributed by atoms with Crippen LogP contribution in [0, 0.1) is 0 Å². The van der Waals surface area contributed by atoms with E-state index in [0.29, 0.717) is 22.8 Å². The number of alkyl halides is 3. The zero-order valence-corrected chi connectivity index (χ0v) is 12.4. The fourth-order valence-corrected chi connectivity index (χ4v) is 2.43. The predicted molar refractivity (Wildman–Crippen MR) is 76.7 cm³/mol. The number of carbonyl (C=O) groups is 1. The number of carbonyl (C=O) groups excluding carboxylic acids is 1. The van der Waals surface area contributed by atoms with Crippen LogP contribution in [0.15, 0.2) is 36.5 Å². The van der Waals surface area contributed by atoms with Gasteiger partial charge in [0.1, 0.15) is 5.92 Å². The minimum Gasteiger partial charge on any atom is -0.369 e. The molecule has 2 rings (SSSR count). The second kappa shape index (κ2) is 6.14. The summed E-state index contributed by atoms with van der Waals surface area (Å²) in [6, 6.07) is 6.94. The molecule has 2 aromatic rings. The second-order valence-electron chi connectivity index (χ2n) is 4.48. The third kappa shape index (κ3) is 3.51. The maximum Gasteiger partial charge on any atom is 0.417 e. The van der Waals surface area contributed by atoms with E-state index < -0.39 is 23.6 Å². The highest BCUT2D eigenvalue weighted by Gasteiger charge is 2.33. The van der Waals surface area contributed by atoms with Crippen molar-refractivity contribution in [2.24, 2.45) is 5.73 Å². The SMILES string of the molecule is NC(=O)[C@H](c1cccc(Cl)c1)c1ncc(C(F)(F)F)cc1Cl. The molecule has 0 saturated carbocycles. The zero-order chi connectivity index (χ0) is 16.5. The van der Waals surface area contributed by atoms with Gasteiger partial charge in [0.15, 0.2) is 0 Å². The van der Waals surface area contributed by atoms with Crippen LogP contribution in [0.2, 0.25) is 10.0 Å². The van der Waals surface area contributed by atoms with E-state index in [4.69, 9.17) is 28.9 Å². The van der Waals surface area contributed by atoms with Crippen molar-refractivity contribution >= 4 is 29.1 Å². The van der Waals surface area contributed by atoms with Gasteiger partial charge < -0.3 is 5.73 Å². The molecule has 2 N–H and O–H groups in total. The van der Waals surface area contributed by atoms with E-state index in [2.05, 4.69) is 4.98 Å². The summed E-state index contributed by atoms with van der Waals surface area (Å²) < 4.78 is 37.9. The predicted octanol–water partition coefficient (Wildman–Crippen LogP) is 4.02. The highest BCUT2D eigenvalue weighted by Crippen LogP contribution is 2.35. The molecule has 1 aromatic carbocycles. The number of hydrogen-bond acceptors (Lipinski definition) is 2. The van der Waals surface area contributed by atoms with Crippen LogP contribution in [0.25, 0.3) is 0 Å². The van der Waals surface area contributed by atoms with Crippen molar-refractivity contribution < 1.29 is 18.0 Å². The fourth-order valence-electron chi connectivity index (χ4n) is 1.96. The minimum atomic E-state index is -4.58. The van der Waals surface area contributed by atoms with Crippen LogP contribution in [-0.4, -0.2) is 10.9 Å². The normalized spacial score (nSPS) is 13.0. The smallest absolute Gasteiger partial charge is 0.369 e. The van der Waals surface area contributed by atoms with E-state index >= 15 is 0 Å². The summed E-state index contributed by atoms with van der Waals surface area (Å²) in [5, 5.41) is 0.0605. The van der Waals surface area contributed by atoms with Gasteiger partial charge in [-0.15, -0.1) is 0 Å². The molecule has 116 valence electrons. The maximum atomic E-state index is 12.6. The van der Waals surface area contributed by atoms with Crippen molar-refractivity contribution in [3.8, 4) is 0 Å². The summed E-state index contributed by atoms with van der Waals surface area (Å²) in [7, 11) is 0. The van der Waals surface area contributed by atoms with Gasteiger partial charge in [0, 0.05) is 11.2 Å². The number of nitrogens with two attached hydrogens (primary N) is 1. The van der Waals surface area contributed by atoms with E-state index in [-0.39, 0.29) is 10.7 Å². The summed E-state index contributed by atoms with van der Waals surface area (Å²) >= 11 is 11.7. The van der Waals surface area contributed by atoms with E-state index in [1.807, 2.05) is 0 Å². The lowest BCUT2D eigenvalue weighted by Gasteiger charge is -2.16. The molecule has 1 aromatic heterocycles. The molecule has 1 heterocycles. The Morgan fingerprint density at radius 3 is 2.41 bits per heavy atom. The van der Waals surface area contributed by atoms with Gasteiger partial charge in [-0.05, 0) is 23.8 Å². The van der Waals surface area contributed by atoms with Crippen LogP contribution >= 0.6 is 23.2 Å². The van der Waals surface area contributed by atoms with Crippen molar-refractivity contribution in [3.63, 3.8) is 0 Å². The average molecular weight is 349 g/mol. The lowest BCUT2D eigenvalue weighted by Crippen LogP contribution is -2.24. The van der Waals surface area contributed by atoms with Crippen molar-refractivity contribution in [3.05, 3.63) is 63.4 Å². The van der Waals surface area contributed by atoms with Gasteiger partial charge in [0.05, 0.1) is 16.3 Å². The summed E-state index contributed by atoms with van der Waals surface area (Å²) in [6.07, 6.45) is -3.96. The molecule has 3 nitrogen and oxygen atoms in total. The van der Waals surface area contributed by atoms with Gasteiger partial charge in [-0.25, -0.2) is 0 Å². The fraction of sp³-hybridized carbons (Fsp3) is 0.143. The maximum absolute atomic E-state index is 12.6. The van der Waals surface area contributed by atoms with Crippen LogP contribution in [0.1, 0.15) is 22.7 Å². The Kier molecular flexibility index (Phi) is 4.63. The van der Waals surface area contributed by atoms with Gasteiger partial charge >= 0.3 is 6.18 Å². The second-order valence-corrected chi connectivity index (χ2v) is 5.32. The molecule has 1 amide bonds. The average Bonchev–Trinajstić information content (AvgIpc) is 2.39. The quantitative estimate of drug-likeness (QED) is 0.910. The summed E-state index contributed by atoms with van der Waals surface area (Å²) in [4.78, 5) is 15.4. The van der Waals surface area contributed by atoms with Gasteiger partial charge in [0.25, 0.3) is 0 Å². The Morgan fingerprint density at radius 1 is 1.23 bits per heavy atom. The first-order chi connectivity index (χ1) is 10.2. The Morgan fingerprint density at radius 2 is 1.91 bits per heavy atom. The zero-order valence-electron chi connectivity index (χ0n) is 10.9. The Balaban J connectivity index is 2.53. The molecular formula is C14H9Cl2F3N2O. The molecule has 0 bridgehead atoms. The van der Waals surface area contributed by atoms with Crippen LogP contribution in [0.3, 0.4) is 0 Å². The minimum absolute atomic E-state index is 0.0515. The lowest BCUT2D eigenvalue weighted by atomic mass is 9.94. The molecule has 0 saturated heterocycles. The number of nitrogens with zero attached hydrogens (tertiary/aromatic N) is 1. The largest absolute Gasteiger partial charge is 0.417 e. The molecule has 0 aliphatic heterocycles. The summed E-state index contributed by atoms with van der Waals surface area (Å²) in [5.74, 6) is -1.88. The van der Waals surface area contributed by atoms with Gasteiger partial charge in [-0.3, -0.25) is 9.78 Å². The number of aromatic nitrogens is 1.